The standard InChI is InChI=1S/C22H31N3O4/c1-5-6-16-9-18-20(23-10-16)29-19(12-24(4)21(27)17-7-8-17)14(2)11-25(22(18)28)15(3)13-26/h5-6,9-10,14-15,17,19,26H,7-8,11-13H2,1-4H3/b6-5+/t14-,15-,19-/m0/s1. The van der Waals surface area contributed by atoms with Crippen molar-refractivity contribution in [2.24, 2.45) is 11.8 Å². The van der Waals surface area contributed by atoms with Crippen molar-refractivity contribution in [3.8, 4) is 5.88 Å². The number of likely N-dealkylation sites (N-methyl/N-ethyl adjacent to an activating group) is 1. The third-order valence-electron chi connectivity index (χ3n) is 5.66. The summed E-state index contributed by atoms with van der Waals surface area (Å²) < 4.78 is 6.20. The SMILES string of the molecule is C/C=C/c1cnc2c(c1)C(=O)N([C@@H](C)CO)C[C@H](C)[C@H](CN(C)C(=O)C1CC1)O2. The Morgan fingerprint density at radius 3 is 2.83 bits per heavy atom. The van der Waals surface area contributed by atoms with Crippen LogP contribution in [0, 0.1) is 11.8 Å². The first kappa shape index (κ1) is 21.3. The molecule has 0 bridgehead atoms. The molecule has 2 aliphatic rings. The zero-order valence-electron chi connectivity index (χ0n) is 17.7. The van der Waals surface area contributed by atoms with Gasteiger partial charge in [-0.1, -0.05) is 19.1 Å². The van der Waals surface area contributed by atoms with Gasteiger partial charge in [-0.15, -0.1) is 0 Å². The maximum Gasteiger partial charge on any atom is 0.259 e. The van der Waals surface area contributed by atoms with Crippen molar-refractivity contribution in [3.63, 3.8) is 0 Å². The van der Waals surface area contributed by atoms with Crippen molar-refractivity contribution in [2.45, 2.75) is 45.8 Å². The molecule has 1 aliphatic heterocycles. The summed E-state index contributed by atoms with van der Waals surface area (Å²) in [4.78, 5) is 33.5. The van der Waals surface area contributed by atoms with Crippen LogP contribution in [0.1, 0.15) is 49.5 Å². The third kappa shape index (κ3) is 4.78. The molecule has 2 amide bonds. The number of pyridine rings is 1. The fourth-order valence-electron chi connectivity index (χ4n) is 3.62. The highest BCUT2D eigenvalue weighted by atomic mass is 16.5. The lowest BCUT2D eigenvalue weighted by molar-refractivity contribution is -0.132. The van der Waals surface area contributed by atoms with Gasteiger partial charge in [-0.2, -0.15) is 0 Å². The quantitative estimate of drug-likeness (QED) is 0.790. The van der Waals surface area contributed by atoms with Crippen LogP contribution in [0.25, 0.3) is 6.08 Å². The number of fused-ring (bicyclic) bond motifs is 1. The summed E-state index contributed by atoms with van der Waals surface area (Å²) in [5.41, 5.74) is 1.19. The summed E-state index contributed by atoms with van der Waals surface area (Å²) in [6.45, 7) is 6.48. The van der Waals surface area contributed by atoms with E-state index >= 15 is 0 Å². The molecule has 1 saturated carbocycles. The second-order valence-electron chi connectivity index (χ2n) is 8.24. The highest BCUT2D eigenvalue weighted by Crippen LogP contribution is 2.32. The molecule has 0 spiro atoms. The molecule has 0 aromatic carbocycles. The lowest BCUT2D eigenvalue weighted by Crippen LogP contribution is -2.50. The van der Waals surface area contributed by atoms with E-state index in [-0.39, 0.29) is 48.3 Å². The molecule has 1 aliphatic carbocycles. The predicted octanol–water partition coefficient (Wildman–Crippen LogP) is 2.20. The van der Waals surface area contributed by atoms with Gasteiger partial charge in [0.05, 0.1) is 19.2 Å². The van der Waals surface area contributed by atoms with Crippen molar-refractivity contribution in [1.29, 1.82) is 0 Å². The molecule has 29 heavy (non-hydrogen) atoms. The number of nitrogens with zero attached hydrogens (tertiary/aromatic N) is 3. The smallest absolute Gasteiger partial charge is 0.259 e. The average Bonchev–Trinajstić information content (AvgIpc) is 3.55. The number of aliphatic hydroxyl groups is 1. The first-order valence-electron chi connectivity index (χ1n) is 10.3. The molecule has 1 N–H and O–H groups in total. The summed E-state index contributed by atoms with van der Waals surface area (Å²) in [5, 5.41) is 9.69. The summed E-state index contributed by atoms with van der Waals surface area (Å²) in [6.07, 6.45) is 7.05. The molecule has 0 unspecified atom stereocenters. The third-order valence-corrected chi connectivity index (χ3v) is 5.66. The van der Waals surface area contributed by atoms with E-state index < -0.39 is 0 Å². The highest BCUT2D eigenvalue weighted by Gasteiger charge is 2.37. The molecule has 3 atom stereocenters. The van der Waals surface area contributed by atoms with E-state index in [9.17, 15) is 14.7 Å². The Balaban J connectivity index is 1.93. The number of hydrogen-bond donors (Lipinski definition) is 1. The Kier molecular flexibility index (Phi) is 6.57. The van der Waals surface area contributed by atoms with Gasteiger partial charge in [-0.3, -0.25) is 9.59 Å². The molecule has 7 nitrogen and oxygen atoms in total. The first-order chi connectivity index (χ1) is 13.8. The van der Waals surface area contributed by atoms with Crippen molar-refractivity contribution >= 4 is 17.9 Å². The summed E-state index contributed by atoms with van der Waals surface area (Å²) >= 11 is 0. The number of carbonyl (C=O) groups is 2. The number of aromatic nitrogens is 1. The zero-order valence-corrected chi connectivity index (χ0v) is 17.7. The molecule has 3 rings (SSSR count). The minimum atomic E-state index is -0.326. The topological polar surface area (TPSA) is 83.0 Å². The van der Waals surface area contributed by atoms with Crippen LogP contribution in [0.5, 0.6) is 5.88 Å². The number of amides is 2. The number of rotatable bonds is 6. The van der Waals surface area contributed by atoms with Crippen LogP contribution in [-0.2, 0) is 4.79 Å². The zero-order chi connectivity index (χ0) is 21.1. The van der Waals surface area contributed by atoms with Crippen LogP contribution in [-0.4, -0.2) is 70.6 Å². The maximum atomic E-state index is 13.2. The lowest BCUT2D eigenvalue weighted by Gasteiger charge is -2.37. The van der Waals surface area contributed by atoms with Gasteiger partial charge in [0.2, 0.25) is 11.8 Å². The van der Waals surface area contributed by atoms with Crippen LogP contribution in [0.3, 0.4) is 0 Å². The molecule has 0 saturated heterocycles. The van der Waals surface area contributed by atoms with Crippen LogP contribution < -0.4 is 4.74 Å². The van der Waals surface area contributed by atoms with Crippen LogP contribution in [0.4, 0.5) is 0 Å². The van der Waals surface area contributed by atoms with E-state index in [0.717, 1.165) is 18.4 Å². The van der Waals surface area contributed by atoms with Gasteiger partial charge in [-0.05, 0) is 38.3 Å². The second kappa shape index (κ2) is 8.95. The number of allylic oxidation sites excluding steroid dienone is 1. The van der Waals surface area contributed by atoms with Crippen molar-refractivity contribution in [2.75, 3.05) is 26.7 Å². The van der Waals surface area contributed by atoms with Crippen LogP contribution in [0.15, 0.2) is 18.3 Å². The molecule has 7 heteroatoms. The van der Waals surface area contributed by atoms with Crippen LogP contribution in [0.2, 0.25) is 0 Å². The van der Waals surface area contributed by atoms with Crippen molar-refractivity contribution < 1.29 is 19.4 Å². The van der Waals surface area contributed by atoms with E-state index in [1.165, 1.54) is 0 Å². The lowest BCUT2D eigenvalue weighted by atomic mass is 9.99. The molecule has 2 heterocycles. The number of carbonyl (C=O) groups excluding carboxylic acids is 2. The van der Waals surface area contributed by atoms with Gasteiger partial charge in [-0.25, -0.2) is 4.98 Å². The van der Waals surface area contributed by atoms with E-state index in [0.29, 0.717) is 18.7 Å². The van der Waals surface area contributed by atoms with Gasteiger partial charge >= 0.3 is 0 Å². The molecule has 1 fully saturated rings. The molecular weight excluding hydrogens is 370 g/mol. The minimum Gasteiger partial charge on any atom is -0.472 e. The molecule has 1 aromatic rings. The summed E-state index contributed by atoms with van der Waals surface area (Å²) in [5.74, 6) is 0.337. The number of hydrogen-bond acceptors (Lipinski definition) is 5. The normalized spacial score (nSPS) is 23.2. The van der Waals surface area contributed by atoms with E-state index in [1.807, 2.05) is 32.9 Å². The van der Waals surface area contributed by atoms with Crippen LogP contribution >= 0.6 is 0 Å². The molecule has 0 radical (unpaired) electrons. The largest absolute Gasteiger partial charge is 0.472 e. The van der Waals surface area contributed by atoms with E-state index in [2.05, 4.69) is 4.98 Å². The van der Waals surface area contributed by atoms with E-state index in [1.54, 1.807) is 29.1 Å². The molecular formula is C22H31N3O4. The molecule has 1 aromatic heterocycles. The first-order valence-corrected chi connectivity index (χ1v) is 10.3. The Hall–Kier alpha value is -2.41. The van der Waals surface area contributed by atoms with Gasteiger partial charge < -0.3 is 19.6 Å². The average molecular weight is 402 g/mol. The van der Waals surface area contributed by atoms with Gasteiger partial charge in [0.15, 0.2) is 0 Å². The Labute approximate surface area is 172 Å². The Bertz CT molecular complexity index is 790. The van der Waals surface area contributed by atoms with Crippen molar-refractivity contribution in [1.82, 2.24) is 14.8 Å². The Morgan fingerprint density at radius 2 is 2.21 bits per heavy atom. The minimum absolute atomic E-state index is 0.0347. The van der Waals surface area contributed by atoms with Gasteiger partial charge in [0.25, 0.3) is 5.91 Å². The monoisotopic (exact) mass is 401 g/mol. The number of aliphatic hydroxyl groups excluding tert-OH is 1. The maximum absolute atomic E-state index is 13.2. The predicted molar refractivity (Wildman–Crippen MR) is 110 cm³/mol. The fraction of sp³-hybridized carbons (Fsp3) is 0.591. The number of ether oxygens (including phenoxy) is 1. The Morgan fingerprint density at radius 1 is 1.48 bits per heavy atom. The summed E-state index contributed by atoms with van der Waals surface area (Å²) in [6, 6.07) is 1.45. The van der Waals surface area contributed by atoms with Crippen molar-refractivity contribution in [3.05, 3.63) is 29.5 Å². The fourth-order valence-corrected chi connectivity index (χ4v) is 3.62. The van der Waals surface area contributed by atoms with Gasteiger partial charge in [0, 0.05) is 31.6 Å². The van der Waals surface area contributed by atoms with Gasteiger partial charge in [0.1, 0.15) is 11.7 Å². The van der Waals surface area contributed by atoms with E-state index in [4.69, 9.17) is 4.74 Å². The molecule has 158 valence electrons. The summed E-state index contributed by atoms with van der Waals surface area (Å²) in [7, 11) is 1.80. The second-order valence-corrected chi connectivity index (χ2v) is 8.24. The highest BCUT2D eigenvalue weighted by molar-refractivity contribution is 5.97.